The topological polar surface area (TPSA) is 45.6 Å². The van der Waals surface area contributed by atoms with Crippen molar-refractivity contribution in [2.24, 2.45) is 0 Å². The Morgan fingerprint density at radius 2 is 2.25 bits per heavy atom. The molecule has 0 spiro atoms. The van der Waals surface area contributed by atoms with E-state index in [1.54, 1.807) is 23.5 Å². The Balaban J connectivity index is 1.71. The molecule has 3 N–H and O–H groups in total. The summed E-state index contributed by atoms with van der Waals surface area (Å²) in [4.78, 5) is 15.4. The number of nitrogens with one attached hydrogen (secondary N) is 3. The Bertz CT molecular complexity index is 802. The van der Waals surface area contributed by atoms with Gasteiger partial charge in [0.2, 0.25) is 0 Å². The van der Waals surface area contributed by atoms with Crippen LogP contribution in [0.25, 0.3) is 0 Å². The molecule has 0 fully saturated rings. The van der Waals surface area contributed by atoms with Gasteiger partial charge in [0.15, 0.2) is 0 Å². The van der Waals surface area contributed by atoms with Crippen LogP contribution in [0.2, 0.25) is 5.02 Å². The number of carbonyl (C=O) groups is 1. The van der Waals surface area contributed by atoms with E-state index >= 15 is 0 Å². The van der Waals surface area contributed by atoms with Crippen LogP contribution in [0.15, 0.2) is 18.2 Å². The molecule has 0 saturated heterocycles. The number of carbonyl (C=O) groups excluding carboxylic acids is 1. The summed E-state index contributed by atoms with van der Waals surface area (Å²) in [5, 5.41) is 7.25. The summed E-state index contributed by atoms with van der Waals surface area (Å²) in [5.74, 6) is -0.572. The average Bonchev–Trinajstić information content (AvgIpc) is 2.92. The number of quaternary nitrogens is 1. The van der Waals surface area contributed by atoms with Gasteiger partial charge in [0.1, 0.15) is 23.5 Å². The predicted octanol–water partition coefficient (Wildman–Crippen LogP) is 2.36. The van der Waals surface area contributed by atoms with E-state index in [0.717, 1.165) is 42.2 Å². The molecule has 0 saturated carbocycles. The number of thiophene rings is 1. The quantitative estimate of drug-likeness (QED) is 0.764. The maximum atomic E-state index is 14.2. The van der Waals surface area contributed by atoms with Crippen molar-refractivity contribution in [1.82, 2.24) is 5.32 Å². The van der Waals surface area contributed by atoms with E-state index in [-0.39, 0.29) is 11.5 Å². The van der Waals surface area contributed by atoms with Crippen LogP contribution < -0.4 is 15.5 Å². The zero-order valence-electron chi connectivity index (χ0n) is 13.2. The Morgan fingerprint density at radius 3 is 3.00 bits per heavy atom. The van der Waals surface area contributed by atoms with Crippen molar-refractivity contribution in [1.29, 1.82) is 0 Å². The Hall–Kier alpha value is -1.63. The average molecular weight is 367 g/mol. The molecule has 0 bridgehead atoms. The molecule has 1 unspecified atom stereocenters. The SMILES string of the molecule is CC[NH+]1CCc2c(sc3c2C(=O)N[C@@H](c2c(F)cccc2Cl)N3)C1. The van der Waals surface area contributed by atoms with E-state index in [2.05, 4.69) is 17.6 Å². The van der Waals surface area contributed by atoms with E-state index in [1.165, 1.54) is 15.8 Å². The number of fused-ring (bicyclic) bond motifs is 3. The second-order valence-corrected chi connectivity index (χ2v) is 7.69. The fourth-order valence-electron chi connectivity index (χ4n) is 3.48. The summed E-state index contributed by atoms with van der Waals surface area (Å²) in [6, 6.07) is 4.54. The molecule has 2 aliphatic rings. The van der Waals surface area contributed by atoms with Gasteiger partial charge < -0.3 is 15.5 Å². The maximum absolute atomic E-state index is 14.2. The molecule has 1 aromatic carbocycles. The van der Waals surface area contributed by atoms with Gasteiger partial charge >= 0.3 is 0 Å². The van der Waals surface area contributed by atoms with Crippen LogP contribution in [0.5, 0.6) is 0 Å². The van der Waals surface area contributed by atoms with Crippen molar-refractivity contribution >= 4 is 33.8 Å². The third kappa shape index (κ3) is 2.49. The van der Waals surface area contributed by atoms with E-state index in [4.69, 9.17) is 11.6 Å². The number of amides is 1. The molecule has 0 radical (unpaired) electrons. The zero-order chi connectivity index (χ0) is 16.8. The lowest BCUT2D eigenvalue weighted by Gasteiger charge is -2.28. The molecule has 4 rings (SSSR count). The van der Waals surface area contributed by atoms with Crippen molar-refractivity contribution < 1.29 is 14.1 Å². The molecule has 126 valence electrons. The van der Waals surface area contributed by atoms with Gasteiger partial charge in [0.25, 0.3) is 5.91 Å². The second kappa shape index (κ2) is 6.02. The van der Waals surface area contributed by atoms with E-state index in [1.807, 2.05) is 0 Å². The first-order valence-corrected chi connectivity index (χ1v) is 9.27. The minimum atomic E-state index is -0.645. The molecule has 1 aromatic heterocycles. The van der Waals surface area contributed by atoms with Crippen molar-refractivity contribution in [3.8, 4) is 0 Å². The number of rotatable bonds is 2. The van der Waals surface area contributed by atoms with Crippen molar-refractivity contribution in [3.63, 3.8) is 0 Å². The molecular formula is C17H18ClFN3OS+. The Labute approximate surface area is 148 Å². The normalized spacial score (nSPS) is 22.4. The number of hydrogen-bond acceptors (Lipinski definition) is 3. The molecular weight excluding hydrogens is 349 g/mol. The van der Waals surface area contributed by atoms with Crippen LogP contribution >= 0.6 is 22.9 Å². The first kappa shape index (κ1) is 15.9. The van der Waals surface area contributed by atoms with Crippen LogP contribution in [0.1, 0.15) is 39.5 Å². The van der Waals surface area contributed by atoms with E-state index in [9.17, 15) is 9.18 Å². The Morgan fingerprint density at radius 1 is 1.42 bits per heavy atom. The van der Waals surface area contributed by atoms with Gasteiger partial charge in [-0.3, -0.25) is 4.79 Å². The molecule has 3 heterocycles. The molecule has 0 aliphatic carbocycles. The summed E-state index contributed by atoms with van der Waals surface area (Å²) in [7, 11) is 0. The van der Waals surface area contributed by atoms with Gasteiger partial charge in [0.05, 0.1) is 28.6 Å². The minimum absolute atomic E-state index is 0.148. The Kier molecular flexibility index (Phi) is 3.98. The fourth-order valence-corrected chi connectivity index (χ4v) is 5.10. The van der Waals surface area contributed by atoms with Gasteiger partial charge in [-0.25, -0.2) is 4.39 Å². The summed E-state index contributed by atoms with van der Waals surface area (Å²) < 4.78 is 14.2. The number of anilines is 1. The smallest absolute Gasteiger partial charge is 0.256 e. The van der Waals surface area contributed by atoms with Crippen LogP contribution in [0.4, 0.5) is 9.39 Å². The number of halogens is 2. The molecule has 2 atom stereocenters. The summed E-state index contributed by atoms with van der Waals surface area (Å²) in [6.45, 7) is 5.25. The summed E-state index contributed by atoms with van der Waals surface area (Å²) in [6.07, 6.45) is 0.262. The first-order chi connectivity index (χ1) is 11.6. The molecule has 2 aromatic rings. The largest absolute Gasteiger partial charge is 0.352 e. The maximum Gasteiger partial charge on any atom is 0.256 e. The lowest BCUT2D eigenvalue weighted by Crippen LogP contribution is -3.11. The fraction of sp³-hybridized carbons (Fsp3) is 0.353. The summed E-state index contributed by atoms with van der Waals surface area (Å²) in [5.41, 5.74) is 2.16. The monoisotopic (exact) mass is 366 g/mol. The molecule has 1 amide bonds. The van der Waals surface area contributed by atoms with Crippen molar-refractivity contribution in [2.75, 3.05) is 18.4 Å². The molecule has 4 nitrogen and oxygen atoms in total. The van der Waals surface area contributed by atoms with Gasteiger partial charge in [-0.2, -0.15) is 0 Å². The minimum Gasteiger partial charge on any atom is -0.352 e. The third-order valence-corrected chi connectivity index (χ3v) is 6.29. The number of likely N-dealkylation sites (N-methyl/N-ethyl adjacent to an activating group) is 1. The van der Waals surface area contributed by atoms with Crippen LogP contribution in [-0.2, 0) is 13.0 Å². The highest BCUT2D eigenvalue weighted by Crippen LogP contribution is 2.40. The van der Waals surface area contributed by atoms with Crippen LogP contribution in [-0.4, -0.2) is 19.0 Å². The molecule has 24 heavy (non-hydrogen) atoms. The summed E-state index contributed by atoms with van der Waals surface area (Å²) >= 11 is 7.76. The van der Waals surface area contributed by atoms with Crippen molar-refractivity contribution in [3.05, 3.63) is 50.6 Å². The van der Waals surface area contributed by atoms with E-state index in [0.29, 0.717) is 5.02 Å². The van der Waals surface area contributed by atoms with Crippen molar-refractivity contribution in [2.45, 2.75) is 26.1 Å². The predicted molar refractivity (Wildman–Crippen MR) is 93.3 cm³/mol. The standard InChI is InChI=1S/C17H17ClFN3OS/c1-2-22-7-6-9-12(8-22)24-17-13(9)16(23)20-15(21-17)14-10(18)4-3-5-11(14)19/h3-5,15,21H,2,6-8H2,1H3,(H,20,23)/p+1/t15-/m1/s1. The van der Waals surface area contributed by atoms with Gasteiger partial charge in [-0.05, 0) is 24.6 Å². The first-order valence-electron chi connectivity index (χ1n) is 8.08. The number of benzene rings is 1. The molecule has 2 aliphatic heterocycles. The van der Waals surface area contributed by atoms with Crippen LogP contribution in [0, 0.1) is 5.82 Å². The highest BCUT2D eigenvalue weighted by Gasteiger charge is 2.35. The van der Waals surface area contributed by atoms with Crippen LogP contribution in [0.3, 0.4) is 0 Å². The van der Waals surface area contributed by atoms with Gasteiger partial charge in [-0.15, -0.1) is 11.3 Å². The third-order valence-electron chi connectivity index (χ3n) is 4.80. The number of hydrogen-bond donors (Lipinski definition) is 3. The molecule has 7 heteroatoms. The van der Waals surface area contributed by atoms with Gasteiger partial charge in [-0.1, -0.05) is 17.7 Å². The van der Waals surface area contributed by atoms with Gasteiger partial charge in [0, 0.05) is 12.0 Å². The lowest BCUT2D eigenvalue weighted by molar-refractivity contribution is -0.913. The lowest BCUT2D eigenvalue weighted by atomic mass is 10.0. The van der Waals surface area contributed by atoms with E-state index < -0.39 is 12.0 Å². The zero-order valence-corrected chi connectivity index (χ0v) is 14.8. The highest BCUT2D eigenvalue weighted by molar-refractivity contribution is 7.16. The second-order valence-electron chi connectivity index (χ2n) is 6.17. The highest BCUT2D eigenvalue weighted by atomic mass is 35.5.